The molecule has 0 aliphatic heterocycles. The molecule has 1 aromatic carbocycles. The van der Waals surface area contributed by atoms with Gasteiger partial charge in [0.1, 0.15) is 5.75 Å². The molecule has 0 aliphatic carbocycles. The zero-order chi connectivity index (χ0) is 15.2. The molecule has 0 radical (unpaired) electrons. The van der Waals surface area contributed by atoms with E-state index < -0.39 is 18.6 Å². The summed E-state index contributed by atoms with van der Waals surface area (Å²) in [5.74, 6) is 0.655. The Hall–Kier alpha value is -1.27. The minimum absolute atomic E-state index is 0.0430. The zero-order valence-corrected chi connectivity index (χ0v) is 11.7. The van der Waals surface area contributed by atoms with Crippen molar-refractivity contribution in [2.75, 3.05) is 20.3 Å². The van der Waals surface area contributed by atoms with Crippen molar-refractivity contribution in [2.45, 2.75) is 32.0 Å². The highest BCUT2D eigenvalue weighted by atomic mass is 19.4. The Balaban J connectivity index is 2.43. The van der Waals surface area contributed by atoms with Crippen molar-refractivity contribution >= 4 is 0 Å². The number of ether oxygens (including phenoxy) is 2. The first-order valence-corrected chi connectivity index (χ1v) is 6.38. The van der Waals surface area contributed by atoms with E-state index in [1.165, 1.54) is 0 Å². The minimum atomic E-state index is -4.13. The summed E-state index contributed by atoms with van der Waals surface area (Å²) < 4.78 is 46.3. The SMILES string of the molecule is COc1ccc(C)cc1C(N)COCCCC(F)(F)F. The molecule has 0 saturated heterocycles. The van der Waals surface area contributed by atoms with Crippen LogP contribution in [0.2, 0.25) is 0 Å². The fraction of sp³-hybridized carbons (Fsp3) is 0.571. The Kier molecular flexibility index (Phi) is 6.29. The molecule has 114 valence electrons. The maximum atomic E-state index is 12.0. The number of alkyl halides is 3. The summed E-state index contributed by atoms with van der Waals surface area (Å²) in [5, 5.41) is 0. The standard InChI is InChI=1S/C14H20F3NO2/c1-10-4-5-13(19-2)11(8-10)12(18)9-20-7-3-6-14(15,16)17/h4-5,8,12H,3,6-7,9,18H2,1-2H3. The Morgan fingerprint density at radius 3 is 2.60 bits per heavy atom. The molecule has 0 aromatic heterocycles. The van der Waals surface area contributed by atoms with Crippen molar-refractivity contribution in [3.05, 3.63) is 29.3 Å². The summed E-state index contributed by atoms with van der Waals surface area (Å²) in [7, 11) is 1.55. The molecule has 3 nitrogen and oxygen atoms in total. The molecule has 0 amide bonds. The number of methoxy groups -OCH3 is 1. The van der Waals surface area contributed by atoms with Crippen molar-refractivity contribution in [1.82, 2.24) is 0 Å². The summed E-state index contributed by atoms with van der Waals surface area (Å²) in [4.78, 5) is 0. The van der Waals surface area contributed by atoms with E-state index in [0.717, 1.165) is 11.1 Å². The summed E-state index contributed by atoms with van der Waals surface area (Å²) in [5.41, 5.74) is 7.81. The fourth-order valence-electron chi connectivity index (χ4n) is 1.82. The first-order chi connectivity index (χ1) is 9.33. The van der Waals surface area contributed by atoms with Crippen LogP contribution in [0.1, 0.15) is 30.0 Å². The van der Waals surface area contributed by atoms with Gasteiger partial charge in [0.05, 0.1) is 19.8 Å². The molecule has 1 rings (SSSR count). The largest absolute Gasteiger partial charge is 0.496 e. The monoisotopic (exact) mass is 291 g/mol. The van der Waals surface area contributed by atoms with Gasteiger partial charge in [-0.3, -0.25) is 0 Å². The molecule has 1 atom stereocenters. The number of halogens is 3. The molecular weight excluding hydrogens is 271 g/mol. The average molecular weight is 291 g/mol. The van der Waals surface area contributed by atoms with Gasteiger partial charge < -0.3 is 15.2 Å². The van der Waals surface area contributed by atoms with Gasteiger partial charge in [-0.2, -0.15) is 13.2 Å². The number of benzene rings is 1. The predicted molar refractivity (Wildman–Crippen MR) is 70.8 cm³/mol. The Morgan fingerprint density at radius 2 is 2.00 bits per heavy atom. The zero-order valence-electron chi connectivity index (χ0n) is 11.7. The smallest absolute Gasteiger partial charge is 0.389 e. The lowest BCUT2D eigenvalue weighted by atomic mass is 10.0. The van der Waals surface area contributed by atoms with E-state index >= 15 is 0 Å². The Bertz CT molecular complexity index is 421. The molecule has 1 unspecified atom stereocenters. The van der Waals surface area contributed by atoms with Crippen molar-refractivity contribution in [1.29, 1.82) is 0 Å². The third kappa shape index (κ3) is 5.79. The van der Waals surface area contributed by atoms with Gasteiger partial charge in [-0.15, -0.1) is 0 Å². The molecule has 2 N–H and O–H groups in total. The third-order valence-electron chi connectivity index (χ3n) is 2.83. The van der Waals surface area contributed by atoms with Crippen LogP contribution in [0.25, 0.3) is 0 Å². The van der Waals surface area contributed by atoms with E-state index in [0.29, 0.717) is 5.75 Å². The van der Waals surface area contributed by atoms with Crippen LogP contribution in [-0.2, 0) is 4.74 Å². The number of nitrogens with two attached hydrogens (primary N) is 1. The fourth-order valence-corrected chi connectivity index (χ4v) is 1.82. The summed E-state index contributed by atoms with van der Waals surface area (Å²) in [6.45, 7) is 2.14. The lowest BCUT2D eigenvalue weighted by molar-refractivity contribution is -0.137. The lowest BCUT2D eigenvalue weighted by Gasteiger charge is -2.16. The number of rotatable bonds is 7. The second kappa shape index (κ2) is 7.50. The number of hydrogen-bond acceptors (Lipinski definition) is 3. The molecule has 0 heterocycles. The van der Waals surface area contributed by atoms with Gasteiger partial charge in [0.15, 0.2) is 0 Å². The van der Waals surface area contributed by atoms with Crippen molar-refractivity contribution in [3.63, 3.8) is 0 Å². The lowest BCUT2D eigenvalue weighted by Crippen LogP contribution is -2.19. The molecule has 0 fully saturated rings. The topological polar surface area (TPSA) is 44.5 Å². The van der Waals surface area contributed by atoms with E-state index in [9.17, 15) is 13.2 Å². The van der Waals surface area contributed by atoms with Gasteiger partial charge in [0, 0.05) is 18.6 Å². The number of hydrogen-bond donors (Lipinski definition) is 1. The van der Waals surface area contributed by atoms with Gasteiger partial charge in [0.2, 0.25) is 0 Å². The van der Waals surface area contributed by atoms with E-state index in [4.69, 9.17) is 15.2 Å². The normalized spacial score (nSPS) is 13.3. The van der Waals surface area contributed by atoms with E-state index in [1.807, 2.05) is 25.1 Å². The van der Waals surface area contributed by atoms with Crippen LogP contribution in [-0.4, -0.2) is 26.5 Å². The molecule has 0 spiro atoms. The second-order valence-electron chi connectivity index (χ2n) is 4.65. The van der Waals surface area contributed by atoms with Crippen LogP contribution in [0.3, 0.4) is 0 Å². The Morgan fingerprint density at radius 1 is 1.30 bits per heavy atom. The van der Waals surface area contributed by atoms with Gasteiger partial charge in [0.25, 0.3) is 0 Å². The first kappa shape index (κ1) is 16.8. The average Bonchev–Trinajstić information content (AvgIpc) is 2.36. The van der Waals surface area contributed by atoms with E-state index in [2.05, 4.69) is 0 Å². The van der Waals surface area contributed by atoms with Crippen LogP contribution < -0.4 is 10.5 Å². The van der Waals surface area contributed by atoms with Gasteiger partial charge in [-0.25, -0.2) is 0 Å². The number of aryl methyl sites for hydroxylation is 1. The van der Waals surface area contributed by atoms with Gasteiger partial charge in [-0.1, -0.05) is 17.7 Å². The highest BCUT2D eigenvalue weighted by Gasteiger charge is 2.26. The van der Waals surface area contributed by atoms with Crippen LogP contribution in [0, 0.1) is 6.92 Å². The van der Waals surface area contributed by atoms with E-state index in [-0.39, 0.29) is 19.6 Å². The highest BCUT2D eigenvalue weighted by molar-refractivity contribution is 5.39. The van der Waals surface area contributed by atoms with Gasteiger partial charge >= 0.3 is 6.18 Å². The van der Waals surface area contributed by atoms with Crippen LogP contribution in [0.5, 0.6) is 5.75 Å². The summed E-state index contributed by atoms with van der Waals surface area (Å²) in [6.07, 6.45) is -5.03. The minimum Gasteiger partial charge on any atom is -0.496 e. The van der Waals surface area contributed by atoms with E-state index in [1.54, 1.807) is 7.11 Å². The molecule has 6 heteroatoms. The molecular formula is C14H20F3NO2. The molecule has 1 aromatic rings. The highest BCUT2D eigenvalue weighted by Crippen LogP contribution is 2.25. The van der Waals surface area contributed by atoms with Crippen LogP contribution >= 0.6 is 0 Å². The van der Waals surface area contributed by atoms with Crippen LogP contribution in [0.15, 0.2) is 18.2 Å². The molecule has 0 aliphatic rings. The molecule has 0 bridgehead atoms. The quantitative estimate of drug-likeness (QED) is 0.783. The first-order valence-electron chi connectivity index (χ1n) is 6.38. The van der Waals surface area contributed by atoms with Crippen molar-refractivity contribution < 1.29 is 22.6 Å². The van der Waals surface area contributed by atoms with Crippen LogP contribution in [0.4, 0.5) is 13.2 Å². The maximum Gasteiger partial charge on any atom is 0.389 e. The van der Waals surface area contributed by atoms with Crippen molar-refractivity contribution in [3.8, 4) is 5.75 Å². The maximum absolute atomic E-state index is 12.0. The summed E-state index contributed by atoms with van der Waals surface area (Å²) in [6, 6.07) is 5.19. The second-order valence-corrected chi connectivity index (χ2v) is 4.65. The third-order valence-corrected chi connectivity index (χ3v) is 2.83. The summed E-state index contributed by atoms with van der Waals surface area (Å²) >= 11 is 0. The van der Waals surface area contributed by atoms with Crippen molar-refractivity contribution in [2.24, 2.45) is 5.73 Å². The van der Waals surface area contributed by atoms with Gasteiger partial charge in [-0.05, 0) is 19.4 Å². The molecule has 0 saturated carbocycles. The molecule has 20 heavy (non-hydrogen) atoms. The predicted octanol–water partition coefficient (Wildman–Crippen LogP) is 3.36. The Labute approximate surface area is 116 Å².